The van der Waals surface area contributed by atoms with Crippen LogP contribution in [0, 0.1) is 0 Å². The minimum absolute atomic E-state index is 0.0634. The Kier molecular flexibility index (Phi) is 3.99. The highest BCUT2D eigenvalue weighted by Gasteiger charge is 2.39. The molecule has 0 aliphatic heterocycles. The lowest BCUT2D eigenvalue weighted by Crippen LogP contribution is -2.15. The van der Waals surface area contributed by atoms with Crippen molar-refractivity contribution in [1.82, 2.24) is 19.7 Å². The Bertz CT molecular complexity index is 690. The molecule has 2 rings (SSSR count). The van der Waals surface area contributed by atoms with E-state index in [9.17, 15) is 13.2 Å². The van der Waals surface area contributed by atoms with Gasteiger partial charge in [-0.05, 0) is 5.92 Å². The van der Waals surface area contributed by atoms with E-state index in [1.807, 2.05) is 13.8 Å². The minimum atomic E-state index is -4.62. The molecule has 2 heterocycles. The lowest BCUT2D eigenvalue weighted by molar-refractivity contribution is -0.136. The van der Waals surface area contributed by atoms with Crippen molar-refractivity contribution in [3.8, 4) is 11.3 Å². The third-order valence-corrected chi connectivity index (χ3v) is 3.11. The second kappa shape index (κ2) is 5.47. The molecule has 0 saturated heterocycles. The van der Waals surface area contributed by atoms with Crippen molar-refractivity contribution in [2.45, 2.75) is 25.9 Å². The first-order valence-electron chi connectivity index (χ1n) is 6.61. The van der Waals surface area contributed by atoms with Crippen LogP contribution < -0.4 is 11.1 Å². The van der Waals surface area contributed by atoms with Gasteiger partial charge in [0.2, 0.25) is 5.95 Å². The van der Waals surface area contributed by atoms with Gasteiger partial charge in [0.15, 0.2) is 0 Å². The fourth-order valence-corrected chi connectivity index (χ4v) is 2.24. The van der Waals surface area contributed by atoms with Crippen molar-refractivity contribution in [2.24, 2.45) is 7.05 Å². The zero-order valence-corrected chi connectivity index (χ0v) is 12.7. The van der Waals surface area contributed by atoms with Gasteiger partial charge < -0.3 is 11.1 Å². The first-order valence-corrected chi connectivity index (χ1v) is 6.61. The summed E-state index contributed by atoms with van der Waals surface area (Å²) < 4.78 is 41.9. The van der Waals surface area contributed by atoms with Crippen molar-refractivity contribution in [3.63, 3.8) is 0 Å². The highest BCUT2D eigenvalue weighted by molar-refractivity contribution is 5.72. The van der Waals surface area contributed by atoms with Crippen LogP contribution in [0.25, 0.3) is 11.3 Å². The van der Waals surface area contributed by atoms with Gasteiger partial charge in [-0.3, -0.25) is 4.68 Å². The highest BCUT2D eigenvalue weighted by atomic mass is 19.4. The average molecular weight is 314 g/mol. The maximum atomic E-state index is 13.5. The SMILES string of the molecule is CNc1nc(N)nc(-c2cn(C)nc2C(C)C)c1C(F)(F)F. The summed E-state index contributed by atoms with van der Waals surface area (Å²) in [6.07, 6.45) is -3.11. The second-order valence-corrected chi connectivity index (χ2v) is 5.16. The van der Waals surface area contributed by atoms with E-state index in [1.54, 1.807) is 7.05 Å². The molecule has 0 radical (unpaired) electrons. The molecule has 3 N–H and O–H groups in total. The Balaban J connectivity index is 2.83. The monoisotopic (exact) mass is 314 g/mol. The zero-order chi connectivity index (χ0) is 16.7. The van der Waals surface area contributed by atoms with E-state index < -0.39 is 11.7 Å². The summed E-state index contributed by atoms with van der Waals surface area (Å²) in [5.74, 6) is -0.647. The van der Waals surface area contributed by atoms with Crippen LogP contribution in [0.5, 0.6) is 0 Å². The maximum absolute atomic E-state index is 13.5. The molecule has 0 bridgehead atoms. The number of aryl methyl sites for hydroxylation is 1. The Hall–Kier alpha value is -2.32. The molecule has 0 fully saturated rings. The number of nitrogen functional groups attached to an aromatic ring is 1. The van der Waals surface area contributed by atoms with Crippen LogP contribution in [-0.4, -0.2) is 26.8 Å². The summed E-state index contributed by atoms with van der Waals surface area (Å²) >= 11 is 0. The topological polar surface area (TPSA) is 81.6 Å². The van der Waals surface area contributed by atoms with Crippen LogP contribution in [0.1, 0.15) is 31.0 Å². The predicted molar refractivity (Wildman–Crippen MR) is 77.3 cm³/mol. The Morgan fingerprint density at radius 1 is 1.27 bits per heavy atom. The molecule has 2 aromatic rings. The molecule has 120 valence electrons. The lowest BCUT2D eigenvalue weighted by atomic mass is 10.0. The third-order valence-electron chi connectivity index (χ3n) is 3.11. The van der Waals surface area contributed by atoms with Crippen molar-refractivity contribution in [3.05, 3.63) is 17.5 Å². The molecule has 6 nitrogen and oxygen atoms in total. The van der Waals surface area contributed by atoms with Crippen LogP contribution in [0.4, 0.5) is 24.9 Å². The van der Waals surface area contributed by atoms with E-state index in [0.29, 0.717) is 11.3 Å². The molecule has 2 aromatic heterocycles. The number of aromatic nitrogens is 4. The molecule has 0 aliphatic rings. The van der Waals surface area contributed by atoms with Gasteiger partial charge in [-0.15, -0.1) is 0 Å². The number of hydrogen-bond donors (Lipinski definition) is 2. The molecule has 22 heavy (non-hydrogen) atoms. The average Bonchev–Trinajstić information content (AvgIpc) is 2.78. The molecule has 0 atom stereocenters. The van der Waals surface area contributed by atoms with E-state index in [1.165, 1.54) is 17.9 Å². The lowest BCUT2D eigenvalue weighted by Gasteiger charge is -2.16. The highest BCUT2D eigenvalue weighted by Crippen LogP contribution is 2.41. The van der Waals surface area contributed by atoms with Gasteiger partial charge in [-0.2, -0.15) is 23.3 Å². The number of rotatable bonds is 3. The summed E-state index contributed by atoms with van der Waals surface area (Å²) in [7, 11) is 3.00. The van der Waals surface area contributed by atoms with Gasteiger partial charge >= 0.3 is 6.18 Å². The smallest absolute Gasteiger partial charge is 0.372 e. The van der Waals surface area contributed by atoms with E-state index in [4.69, 9.17) is 5.73 Å². The number of nitrogens with zero attached hydrogens (tertiary/aromatic N) is 4. The Labute approximate surface area is 125 Å². The Morgan fingerprint density at radius 3 is 2.41 bits per heavy atom. The molecule has 0 unspecified atom stereocenters. The molecular formula is C13H17F3N6. The summed E-state index contributed by atoms with van der Waals surface area (Å²) in [5, 5.41) is 6.65. The van der Waals surface area contributed by atoms with E-state index >= 15 is 0 Å². The molecule has 0 spiro atoms. The molecule has 0 saturated carbocycles. The largest absolute Gasteiger partial charge is 0.422 e. The van der Waals surface area contributed by atoms with Gasteiger partial charge in [0, 0.05) is 25.9 Å². The number of nitrogens with one attached hydrogen (secondary N) is 1. The molecular weight excluding hydrogens is 297 g/mol. The van der Waals surface area contributed by atoms with Crippen LogP contribution >= 0.6 is 0 Å². The van der Waals surface area contributed by atoms with E-state index in [0.717, 1.165) is 0 Å². The van der Waals surface area contributed by atoms with Crippen LogP contribution in [-0.2, 0) is 13.2 Å². The van der Waals surface area contributed by atoms with E-state index in [-0.39, 0.29) is 23.4 Å². The zero-order valence-electron chi connectivity index (χ0n) is 12.7. The van der Waals surface area contributed by atoms with Crippen molar-refractivity contribution in [1.29, 1.82) is 0 Å². The van der Waals surface area contributed by atoms with Gasteiger partial charge in [-0.1, -0.05) is 13.8 Å². The van der Waals surface area contributed by atoms with Crippen molar-refractivity contribution >= 4 is 11.8 Å². The number of anilines is 2. The first kappa shape index (κ1) is 16.1. The van der Waals surface area contributed by atoms with Crippen molar-refractivity contribution < 1.29 is 13.2 Å². The maximum Gasteiger partial charge on any atom is 0.422 e. The third kappa shape index (κ3) is 2.83. The fourth-order valence-electron chi connectivity index (χ4n) is 2.24. The van der Waals surface area contributed by atoms with Gasteiger partial charge in [0.05, 0.1) is 11.4 Å². The van der Waals surface area contributed by atoms with Crippen LogP contribution in [0.15, 0.2) is 6.20 Å². The van der Waals surface area contributed by atoms with Crippen LogP contribution in [0.3, 0.4) is 0 Å². The molecule has 9 heteroatoms. The van der Waals surface area contributed by atoms with Gasteiger partial charge in [-0.25, -0.2) is 4.98 Å². The number of nitrogens with two attached hydrogens (primary N) is 1. The summed E-state index contributed by atoms with van der Waals surface area (Å²) in [4.78, 5) is 7.46. The summed E-state index contributed by atoms with van der Waals surface area (Å²) in [6, 6.07) is 0. The number of alkyl halides is 3. The first-order chi connectivity index (χ1) is 10.1. The number of halogens is 3. The van der Waals surface area contributed by atoms with Crippen LogP contribution in [0.2, 0.25) is 0 Å². The standard InChI is InChI=1S/C13H17F3N6/c1-6(2)9-7(5-22(4)21-9)10-8(13(14,15)16)11(18-3)20-12(17)19-10/h5-6H,1-4H3,(H3,17,18,19,20). The molecule has 0 aliphatic carbocycles. The molecule has 0 aromatic carbocycles. The normalized spacial score (nSPS) is 12.0. The fraction of sp³-hybridized carbons (Fsp3) is 0.462. The van der Waals surface area contributed by atoms with E-state index in [2.05, 4.69) is 20.4 Å². The quantitative estimate of drug-likeness (QED) is 0.910. The van der Waals surface area contributed by atoms with Gasteiger partial charge in [0.1, 0.15) is 11.4 Å². The Morgan fingerprint density at radius 2 is 1.91 bits per heavy atom. The van der Waals surface area contributed by atoms with Gasteiger partial charge in [0.25, 0.3) is 0 Å². The predicted octanol–water partition coefficient (Wildman–Crippen LogP) is 2.64. The summed E-state index contributed by atoms with van der Waals surface area (Å²) in [5.41, 5.74) is 5.18. The number of hydrogen-bond acceptors (Lipinski definition) is 5. The minimum Gasteiger partial charge on any atom is -0.372 e. The summed E-state index contributed by atoms with van der Waals surface area (Å²) in [6.45, 7) is 3.70. The molecule has 0 amide bonds. The van der Waals surface area contributed by atoms with Crippen molar-refractivity contribution in [2.75, 3.05) is 18.1 Å². The second-order valence-electron chi connectivity index (χ2n) is 5.16.